The molecule has 0 spiro atoms. The van der Waals surface area contributed by atoms with Gasteiger partial charge in [-0.15, -0.1) is 0 Å². The zero-order valence-corrected chi connectivity index (χ0v) is 19.5. The van der Waals surface area contributed by atoms with Crippen LogP contribution in [0.3, 0.4) is 0 Å². The third-order valence-corrected chi connectivity index (χ3v) is 6.65. The van der Waals surface area contributed by atoms with E-state index >= 15 is 0 Å². The lowest BCUT2D eigenvalue weighted by Gasteiger charge is -2.34. The van der Waals surface area contributed by atoms with Crippen LogP contribution in [0.4, 0.5) is 11.4 Å². The fourth-order valence-electron chi connectivity index (χ4n) is 4.44. The molecule has 0 radical (unpaired) electrons. The Hall–Kier alpha value is -3.19. The topological polar surface area (TPSA) is 73.0 Å². The number of nitrogens with one attached hydrogen (secondary N) is 1. The molecule has 1 N–H and O–H groups in total. The molecule has 0 atom stereocenters. The van der Waals surface area contributed by atoms with Gasteiger partial charge in [0, 0.05) is 50.5 Å². The largest absolute Gasteiger partial charge is 0.340 e. The van der Waals surface area contributed by atoms with Crippen LogP contribution >= 0.6 is 0 Å². The quantitative estimate of drug-likeness (QED) is 0.738. The number of anilines is 2. The van der Waals surface area contributed by atoms with Gasteiger partial charge in [0.25, 0.3) is 0 Å². The number of aryl methyl sites for hydroxylation is 1. The van der Waals surface area contributed by atoms with Gasteiger partial charge in [0.05, 0.1) is 13.0 Å². The van der Waals surface area contributed by atoms with Crippen LogP contribution in [0.1, 0.15) is 29.5 Å². The molecule has 7 heteroatoms. The maximum atomic E-state index is 12.8. The van der Waals surface area contributed by atoms with Gasteiger partial charge in [-0.25, -0.2) is 0 Å². The summed E-state index contributed by atoms with van der Waals surface area (Å²) in [5, 5.41) is 3.01. The van der Waals surface area contributed by atoms with Gasteiger partial charge in [-0.2, -0.15) is 0 Å². The maximum Gasteiger partial charge on any atom is 0.238 e. The normalized spacial score (nSPS) is 16.8. The van der Waals surface area contributed by atoms with Crippen LogP contribution in [0, 0.1) is 13.8 Å². The van der Waals surface area contributed by atoms with Crippen LogP contribution in [-0.4, -0.2) is 66.8 Å². The van der Waals surface area contributed by atoms with E-state index in [0.29, 0.717) is 45.6 Å². The summed E-state index contributed by atoms with van der Waals surface area (Å²) in [6, 6.07) is 13.6. The highest BCUT2D eigenvalue weighted by Crippen LogP contribution is 2.22. The van der Waals surface area contributed by atoms with Crippen molar-refractivity contribution in [3.8, 4) is 0 Å². The van der Waals surface area contributed by atoms with Crippen LogP contribution in [0.15, 0.2) is 42.5 Å². The molecule has 4 rings (SSSR count). The fourth-order valence-corrected chi connectivity index (χ4v) is 4.44. The van der Waals surface area contributed by atoms with E-state index < -0.39 is 0 Å². The molecule has 0 bridgehead atoms. The second-order valence-electron chi connectivity index (χ2n) is 8.94. The van der Waals surface area contributed by atoms with Crippen molar-refractivity contribution in [2.75, 3.05) is 49.5 Å². The number of carbonyl (C=O) groups excluding carboxylic acids is 3. The van der Waals surface area contributed by atoms with Gasteiger partial charge >= 0.3 is 0 Å². The first kappa shape index (κ1) is 23.0. The number of piperazine rings is 1. The van der Waals surface area contributed by atoms with Crippen molar-refractivity contribution in [2.45, 2.75) is 33.1 Å². The van der Waals surface area contributed by atoms with Gasteiger partial charge in [-0.05, 0) is 55.2 Å². The maximum absolute atomic E-state index is 12.8. The molecule has 0 unspecified atom stereocenters. The number of benzene rings is 2. The minimum atomic E-state index is -0.0277. The van der Waals surface area contributed by atoms with Crippen molar-refractivity contribution in [3.05, 3.63) is 59.2 Å². The summed E-state index contributed by atoms with van der Waals surface area (Å²) in [6.45, 7) is 7.74. The average Bonchev–Trinajstić information content (AvgIpc) is 3.23. The lowest BCUT2D eigenvalue weighted by molar-refractivity contribution is -0.132. The van der Waals surface area contributed by atoms with Crippen LogP contribution in [0.5, 0.6) is 0 Å². The van der Waals surface area contributed by atoms with E-state index in [1.165, 1.54) is 0 Å². The Kier molecular flexibility index (Phi) is 7.08. The third-order valence-electron chi connectivity index (χ3n) is 6.65. The Balaban J connectivity index is 1.23. The molecule has 2 saturated heterocycles. The molecule has 174 valence electrons. The minimum Gasteiger partial charge on any atom is -0.340 e. The summed E-state index contributed by atoms with van der Waals surface area (Å²) in [7, 11) is 0. The molecule has 0 aliphatic carbocycles. The average molecular weight is 449 g/mol. The molecular formula is C26H32N4O3. The summed E-state index contributed by atoms with van der Waals surface area (Å²) >= 11 is 0. The first-order chi connectivity index (χ1) is 15.9. The second kappa shape index (κ2) is 10.2. The molecule has 0 saturated carbocycles. The first-order valence-corrected chi connectivity index (χ1v) is 11.7. The van der Waals surface area contributed by atoms with Crippen LogP contribution < -0.4 is 10.2 Å². The highest BCUT2D eigenvalue weighted by atomic mass is 16.2. The zero-order valence-electron chi connectivity index (χ0n) is 19.5. The Labute approximate surface area is 195 Å². The van der Waals surface area contributed by atoms with Crippen molar-refractivity contribution < 1.29 is 14.4 Å². The number of hydrogen-bond donors (Lipinski definition) is 1. The highest BCUT2D eigenvalue weighted by molar-refractivity contribution is 5.95. The fraction of sp³-hybridized carbons (Fsp3) is 0.423. The van der Waals surface area contributed by atoms with Crippen molar-refractivity contribution in [3.63, 3.8) is 0 Å². The number of carbonyl (C=O) groups is 3. The molecule has 2 aliphatic rings. The van der Waals surface area contributed by atoms with E-state index in [2.05, 4.69) is 10.2 Å². The van der Waals surface area contributed by atoms with Crippen LogP contribution in [0.25, 0.3) is 0 Å². The highest BCUT2D eigenvalue weighted by Gasteiger charge is 2.24. The molecule has 2 aromatic carbocycles. The van der Waals surface area contributed by atoms with Gasteiger partial charge in [0.2, 0.25) is 17.7 Å². The van der Waals surface area contributed by atoms with E-state index in [0.717, 1.165) is 41.0 Å². The molecular weight excluding hydrogens is 416 g/mol. The standard InChI is InChI=1S/C26H32N4O3/c1-19-5-3-6-23(20(19)2)27-24(31)18-28-13-15-29(16-14-28)26(33)17-21-8-10-22(11-9-21)30-12-4-7-25(30)32/h3,5-6,8-11H,4,7,12-18H2,1-2H3,(H,27,31). The van der Waals surface area contributed by atoms with E-state index in [9.17, 15) is 14.4 Å². The Bertz CT molecular complexity index is 1030. The Morgan fingerprint density at radius 1 is 0.939 bits per heavy atom. The predicted molar refractivity (Wildman–Crippen MR) is 129 cm³/mol. The van der Waals surface area contributed by atoms with Crippen LogP contribution in [0.2, 0.25) is 0 Å². The molecule has 33 heavy (non-hydrogen) atoms. The SMILES string of the molecule is Cc1cccc(NC(=O)CN2CCN(C(=O)Cc3ccc(N4CCCC4=O)cc3)CC2)c1C. The van der Waals surface area contributed by atoms with Crippen molar-refractivity contribution >= 4 is 29.1 Å². The minimum absolute atomic E-state index is 0.0277. The zero-order chi connectivity index (χ0) is 23.4. The number of nitrogens with zero attached hydrogens (tertiary/aromatic N) is 3. The molecule has 0 aromatic heterocycles. The van der Waals surface area contributed by atoms with Crippen molar-refractivity contribution in [1.82, 2.24) is 9.80 Å². The first-order valence-electron chi connectivity index (χ1n) is 11.7. The van der Waals surface area contributed by atoms with E-state index in [-0.39, 0.29) is 17.7 Å². The number of rotatable bonds is 6. The molecule has 3 amide bonds. The summed E-state index contributed by atoms with van der Waals surface area (Å²) in [5.74, 6) is 0.235. The van der Waals surface area contributed by atoms with Gasteiger partial charge in [0.15, 0.2) is 0 Å². The monoisotopic (exact) mass is 448 g/mol. The molecule has 2 heterocycles. The van der Waals surface area contributed by atoms with E-state index in [1.54, 1.807) is 4.90 Å². The molecule has 7 nitrogen and oxygen atoms in total. The molecule has 2 aliphatic heterocycles. The van der Waals surface area contributed by atoms with Crippen molar-refractivity contribution in [1.29, 1.82) is 0 Å². The summed E-state index contributed by atoms with van der Waals surface area (Å²) in [6.07, 6.45) is 1.86. The third kappa shape index (κ3) is 5.60. The Morgan fingerprint density at radius 3 is 2.33 bits per heavy atom. The van der Waals surface area contributed by atoms with E-state index in [4.69, 9.17) is 0 Å². The van der Waals surface area contributed by atoms with Gasteiger partial charge < -0.3 is 15.1 Å². The second-order valence-corrected chi connectivity index (χ2v) is 8.94. The molecule has 2 aromatic rings. The Morgan fingerprint density at radius 2 is 1.67 bits per heavy atom. The number of amides is 3. The van der Waals surface area contributed by atoms with Crippen LogP contribution in [-0.2, 0) is 20.8 Å². The summed E-state index contributed by atoms with van der Waals surface area (Å²) < 4.78 is 0. The summed E-state index contributed by atoms with van der Waals surface area (Å²) in [4.78, 5) is 42.9. The van der Waals surface area contributed by atoms with Gasteiger partial charge in [-0.1, -0.05) is 24.3 Å². The smallest absolute Gasteiger partial charge is 0.238 e. The molecule has 2 fully saturated rings. The van der Waals surface area contributed by atoms with Crippen molar-refractivity contribution in [2.24, 2.45) is 0 Å². The summed E-state index contributed by atoms with van der Waals surface area (Å²) in [5.41, 5.74) is 4.95. The lowest BCUT2D eigenvalue weighted by atomic mass is 10.1. The van der Waals surface area contributed by atoms with Gasteiger partial charge in [-0.3, -0.25) is 19.3 Å². The lowest BCUT2D eigenvalue weighted by Crippen LogP contribution is -2.50. The van der Waals surface area contributed by atoms with E-state index in [1.807, 2.05) is 61.2 Å². The van der Waals surface area contributed by atoms with Gasteiger partial charge in [0.1, 0.15) is 0 Å². The predicted octanol–water partition coefficient (Wildman–Crippen LogP) is 2.76. The number of hydrogen-bond acceptors (Lipinski definition) is 4.